The van der Waals surface area contributed by atoms with Gasteiger partial charge in [-0.05, 0) is 12.1 Å². The molecule has 2 fully saturated rings. The highest BCUT2D eigenvalue weighted by Crippen LogP contribution is 2.25. The standard InChI is InChI=1S/C18H18F3N5O2/c19-12-2-1-10(5-13(12)20)28-11-8-26(9-11)17-16(23-3-4-24-17)18(27)25-15-7-22-6-14(15)21/h1-5,11,14-15,22H,6-9H2,(H,25,27). The number of aromatic nitrogens is 2. The molecule has 2 atom stereocenters. The summed E-state index contributed by atoms with van der Waals surface area (Å²) in [5.41, 5.74) is 0.105. The summed E-state index contributed by atoms with van der Waals surface area (Å²) in [5.74, 6) is -1.82. The van der Waals surface area contributed by atoms with Gasteiger partial charge in [0.15, 0.2) is 23.1 Å². The monoisotopic (exact) mass is 393 g/mol. The molecule has 4 rings (SSSR count). The number of alkyl halides is 1. The van der Waals surface area contributed by atoms with Gasteiger partial charge in [0.25, 0.3) is 5.91 Å². The third-order valence-electron chi connectivity index (χ3n) is 4.69. The topological polar surface area (TPSA) is 79.4 Å². The van der Waals surface area contributed by atoms with Crippen LogP contribution in [0, 0.1) is 11.6 Å². The van der Waals surface area contributed by atoms with Crippen molar-refractivity contribution >= 4 is 11.7 Å². The first-order valence-corrected chi connectivity index (χ1v) is 8.84. The number of nitrogens with zero attached hydrogens (tertiary/aromatic N) is 3. The molecule has 2 aromatic rings. The molecule has 1 amide bonds. The Labute approximate surface area is 158 Å². The van der Waals surface area contributed by atoms with Crippen LogP contribution >= 0.6 is 0 Å². The lowest BCUT2D eigenvalue weighted by atomic mass is 10.1. The van der Waals surface area contributed by atoms with Crippen molar-refractivity contribution in [3.05, 3.63) is 47.9 Å². The molecular formula is C18H18F3N5O2. The number of carbonyl (C=O) groups excluding carboxylic acids is 1. The summed E-state index contributed by atoms with van der Waals surface area (Å²) >= 11 is 0. The normalized spacial score (nSPS) is 22.0. The fraction of sp³-hybridized carbons (Fsp3) is 0.389. The smallest absolute Gasteiger partial charge is 0.274 e. The summed E-state index contributed by atoms with van der Waals surface area (Å²) in [6.45, 7) is 1.35. The van der Waals surface area contributed by atoms with Gasteiger partial charge in [0.05, 0.1) is 19.1 Å². The van der Waals surface area contributed by atoms with Crippen molar-refractivity contribution in [2.75, 3.05) is 31.1 Å². The lowest BCUT2D eigenvalue weighted by Crippen LogP contribution is -2.55. The van der Waals surface area contributed by atoms with Crippen LogP contribution in [-0.2, 0) is 0 Å². The molecule has 2 unspecified atom stereocenters. The van der Waals surface area contributed by atoms with Crippen LogP contribution in [0.15, 0.2) is 30.6 Å². The summed E-state index contributed by atoms with van der Waals surface area (Å²) in [5, 5.41) is 5.51. The van der Waals surface area contributed by atoms with Gasteiger partial charge in [0, 0.05) is 31.5 Å². The summed E-state index contributed by atoms with van der Waals surface area (Å²) in [4.78, 5) is 22.6. The summed E-state index contributed by atoms with van der Waals surface area (Å²) in [6.07, 6.45) is 1.44. The predicted molar refractivity (Wildman–Crippen MR) is 94.0 cm³/mol. The van der Waals surface area contributed by atoms with E-state index in [2.05, 4.69) is 20.6 Å². The van der Waals surface area contributed by atoms with E-state index in [1.54, 1.807) is 4.90 Å². The molecule has 3 heterocycles. The van der Waals surface area contributed by atoms with Gasteiger partial charge < -0.3 is 20.3 Å². The zero-order valence-corrected chi connectivity index (χ0v) is 14.7. The fourth-order valence-electron chi connectivity index (χ4n) is 3.18. The largest absolute Gasteiger partial charge is 0.487 e. The summed E-state index contributed by atoms with van der Waals surface area (Å²) < 4.78 is 45.6. The molecule has 0 aliphatic carbocycles. The average Bonchev–Trinajstić information content (AvgIpc) is 3.05. The van der Waals surface area contributed by atoms with Crippen molar-refractivity contribution in [1.82, 2.24) is 20.6 Å². The van der Waals surface area contributed by atoms with E-state index in [9.17, 15) is 18.0 Å². The van der Waals surface area contributed by atoms with Gasteiger partial charge >= 0.3 is 0 Å². The summed E-state index contributed by atoms with van der Waals surface area (Å²) in [7, 11) is 0. The maximum atomic E-state index is 13.7. The number of benzene rings is 1. The Kier molecular flexibility index (Phi) is 5.03. The second-order valence-electron chi connectivity index (χ2n) is 6.70. The fourth-order valence-corrected chi connectivity index (χ4v) is 3.18. The molecule has 2 aliphatic heterocycles. The number of ether oxygens (including phenoxy) is 1. The van der Waals surface area contributed by atoms with Crippen molar-refractivity contribution in [1.29, 1.82) is 0 Å². The molecule has 0 spiro atoms. The zero-order chi connectivity index (χ0) is 19.7. The van der Waals surface area contributed by atoms with Crippen LogP contribution in [0.1, 0.15) is 10.5 Å². The molecule has 28 heavy (non-hydrogen) atoms. The van der Waals surface area contributed by atoms with E-state index in [0.29, 0.717) is 25.5 Å². The Morgan fingerprint density at radius 1 is 1.18 bits per heavy atom. The molecule has 148 valence electrons. The van der Waals surface area contributed by atoms with Crippen molar-refractivity contribution in [2.45, 2.75) is 18.3 Å². The number of nitrogens with one attached hydrogen (secondary N) is 2. The van der Waals surface area contributed by atoms with E-state index in [1.165, 1.54) is 18.5 Å². The van der Waals surface area contributed by atoms with Crippen LogP contribution in [0.3, 0.4) is 0 Å². The van der Waals surface area contributed by atoms with Gasteiger partial charge in [-0.3, -0.25) is 4.79 Å². The minimum atomic E-state index is -1.15. The van der Waals surface area contributed by atoms with Gasteiger partial charge in [0.2, 0.25) is 0 Å². The molecular weight excluding hydrogens is 375 g/mol. The first-order valence-electron chi connectivity index (χ1n) is 8.84. The molecule has 0 bridgehead atoms. The molecule has 2 aliphatic rings. The Bertz CT molecular complexity index is 878. The van der Waals surface area contributed by atoms with Crippen LogP contribution in [0.4, 0.5) is 19.0 Å². The highest BCUT2D eigenvalue weighted by Gasteiger charge is 2.34. The maximum Gasteiger partial charge on any atom is 0.274 e. The minimum Gasteiger partial charge on any atom is -0.487 e. The predicted octanol–water partition coefficient (Wildman–Crippen LogP) is 1.06. The van der Waals surface area contributed by atoms with E-state index in [-0.39, 0.29) is 24.1 Å². The van der Waals surface area contributed by atoms with Gasteiger partial charge in [-0.1, -0.05) is 0 Å². The number of carbonyl (C=O) groups is 1. The third kappa shape index (κ3) is 3.72. The van der Waals surface area contributed by atoms with Gasteiger partial charge in [-0.15, -0.1) is 0 Å². The first-order chi connectivity index (χ1) is 13.5. The number of hydrogen-bond acceptors (Lipinski definition) is 6. The van der Waals surface area contributed by atoms with Crippen LogP contribution in [-0.4, -0.2) is 60.4 Å². The lowest BCUT2D eigenvalue weighted by Gasteiger charge is -2.40. The molecule has 1 aromatic carbocycles. The summed E-state index contributed by atoms with van der Waals surface area (Å²) in [6, 6.07) is 2.73. The van der Waals surface area contributed by atoms with Crippen LogP contribution in [0.5, 0.6) is 5.75 Å². The Balaban J connectivity index is 1.39. The van der Waals surface area contributed by atoms with Gasteiger partial charge in [-0.2, -0.15) is 0 Å². The van der Waals surface area contributed by atoms with Crippen LogP contribution in [0.25, 0.3) is 0 Å². The van der Waals surface area contributed by atoms with E-state index in [4.69, 9.17) is 4.74 Å². The van der Waals surface area contributed by atoms with E-state index in [0.717, 1.165) is 12.1 Å². The molecule has 0 saturated carbocycles. The second kappa shape index (κ2) is 7.63. The number of halogens is 3. The first kappa shape index (κ1) is 18.5. The third-order valence-corrected chi connectivity index (χ3v) is 4.69. The molecule has 2 N–H and O–H groups in total. The Hall–Kier alpha value is -2.88. The van der Waals surface area contributed by atoms with Crippen molar-refractivity contribution in [3.8, 4) is 5.75 Å². The molecule has 7 nitrogen and oxygen atoms in total. The highest BCUT2D eigenvalue weighted by molar-refractivity contribution is 5.97. The van der Waals surface area contributed by atoms with Gasteiger partial charge in [0.1, 0.15) is 18.0 Å². The van der Waals surface area contributed by atoms with Crippen LogP contribution < -0.4 is 20.3 Å². The number of amides is 1. The number of hydrogen-bond donors (Lipinski definition) is 2. The molecule has 1 aromatic heterocycles. The van der Waals surface area contributed by atoms with Gasteiger partial charge in [-0.25, -0.2) is 23.1 Å². The van der Waals surface area contributed by atoms with Crippen molar-refractivity contribution in [2.24, 2.45) is 0 Å². The van der Waals surface area contributed by atoms with E-state index in [1.807, 2.05) is 0 Å². The molecule has 10 heteroatoms. The molecule has 2 saturated heterocycles. The van der Waals surface area contributed by atoms with Crippen LogP contribution in [0.2, 0.25) is 0 Å². The number of anilines is 1. The van der Waals surface area contributed by atoms with Crippen molar-refractivity contribution in [3.63, 3.8) is 0 Å². The Morgan fingerprint density at radius 3 is 2.68 bits per heavy atom. The minimum absolute atomic E-state index is 0.105. The average molecular weight is 393 g/mol. The van der Waals surface area contributed by atoms with Crippen molar-refractivity contribution < 1.29 is 22.7 Å². The zero-order valence-electron chi connectivity index (χ0n) is 14.7. The Morgan fingerprint density at radius 2 is 1.96 bits per heavy atom. The molecule has 0 radical (unpaired) electrons. The van der Waals surface area contributed by atoms with E-state index >= 15 is 0 Å². The van der Waals surface area contributed by atoms with E-state index < -0.39 is 29.8 Å². The highest BCUT2D eigenvalue weighted by atomic mass is 19.2. The SMILES string of the molecule is O=C(NC1CNCC1F)c1nccnc1N1CC(Oc2ccc(F)c(F)c2)C1. The lowest BCUT2D eigenvalue weighted by molar-refractivity contribution is 0.0917. The second-order valence-corrected chi connectivity index (χ2v) is 6.70. The quantitative estimate of drug-likeness (QED) is 0.791. The number of rotatable bonds is 5. The maximum absolute atomic E-state index is 13.7.